The minimum atomic E-state index is -0.780. The second kappa shape index (κ2) is 11.9. The molecule has 7 nitrogen and oxygen atoms in total. The van der Waals surface area contributed by atoms with E-state index in [-0.39, 0.29) is 12.5 Å². The summed E-state index contributed by atoms with van der Waals surface area (Å²) in [5.74, 6) is 1.16. The zero-order chi connectivity index (χ0) is 24.5. The summed E-state index contributed by atoms with van der Waals surface area (Å²) in [5, 5.41) is 2.79. The Morgan fingerprint density at radius 3 is 2.31 bits per heavy atom. The van der Waals surface area contributed by atoms with Crippen molar-refractivity contribution in [3.63, 3.8) is 0 Å². The third-order valence-corrected chi connectivity index (χ3v) is 5.79. The molecular formula is C28H30N2O5. The van der Waals surface area contributed by atoms with Crippen molar-refractivity contribution in [3.05, 3.63) is 95.6 Å². The van der Waals surface area contributed by atoms with E-state index < -0.39 is 12.1 Å². The Balaban J connectivity index is 1.48. The van der Waals surface area contributed by atoms with Crippen LogP contribution < -0.4 is 14.8 Å². The number of likely N-dealkylation sites (N-methyl/N-ethyl adjacent to an activating group) is 1. The lowest BCUT2D eigenvalue weighted by Gasteiger charge is -2.28. The van der Waals surface area contributed by atoms with Crippen LogP contribution in [0, 0.1) is 0 Å². The van der Waals surface area contributed by atoms with E-state index in [0.717, 1.165) is 16.7 Å². The van der Waals surface area contributed by atoms with Gasteiger partial charge < -0.3 is 24.4 Å². The van der Waals surface area contributed by atoms with Crippen molar-refractivity contribution in [2.45, 2.75) is 32.5 Å². The number of para-hydroxylation sites is 1. The molecular weight excluding hydrogens is 444 g/mol. The Labute approximate surface area is 205 Å². The average Bonchev–Trinajstić information content (AvgIpc) is 2.91. The molecule has 0 bridgehead atoms. The molecule has 1 aliphatic heterocycles. The smallest absolute Gasteiger partial charge is 0.408 e. The highest BCUT2D eigenvalue weighted by Crippen LogP contribution is 2.34. The van der Waals surface area contributed by atoms with Crippen LogP contribution in [0.2, 0.25) is 0 Å². The Hall–Kier alpha value is -4.00. The van der Waals surface area contributed by atoms with Crippen LogP contribution in [0.4, 0.5) is 4.79 Å². The maximum Gasteiger partial charge on any atom is 0.408 e. The molecule has 1 heterocycles. The van der Waals surface area contributed by atoms with E-state index in [1.54, 1.807) is 4.90 Å². The van der Waals surface area contributed by atoms with E-state index >= 15 is 0 Å². The minimum Gasteiger partial charge on any atom is -0.486 e. The largest absolute Gasteiger partial charge is 0.486 e. The van der Waals surface area contributed by atoms with Gasteiger partial charge in [-0.25, -0.2) is 4.79 Å². The van der Waals surface area contributed by atoms with Gasteiger partial charge in [0.15, 0.2) is 11.5 Å². The molecule has 3 aromatic carbocycles. The van der Waals surface area contributed by atoms with Crippen molar-refractivity contribution in [1.82, 2.24) is 10.2 Å². The van der Waals surface area contributed by atoms with Crippen LogP contribution in [0.15, 0.2) is 78.9 Å². The molecule has 0 saturated carbocycles. The molecule has 2 amide bonds. The summed E-state index contributed by atoms with van der Waals surface area (Å²) in [7, 11) is 0. The second-order valence-electron chi connectivity index (χ2n) is 8.24. The quantitative estimate of drug-likeness (QED) is 0.499. The molecule has 0 aliphatic carbocycles. The third-order valence-electron chi connectivity index (χ3n) is 5.79. The molecule has 0 aromatic heterocycles. The van der Waals surface area contributed by atoms with Gasteiger partial charge in [-0.05, 0) is 24.1 Å². The van der Waals surface area contributed by atoms with Gasteiger partial charge in [-0.1, -0.05) is 72.8 Å². The molecule has 1 atom stereocenters. The first kappa shape index (κ1) is 24.1. The van der Waals surface area contributed by atoms with Crippen molar-refractivity contribution in [1.29, 1.82) is 0 Å². The van der Waals surface area contributed by atoms with Crippen LogP contribution >= 0.6 is 0 Å². The lowest BCUT2D eigenvalue weighted by molar-refractivity contribution is -0.133. The van der Waals surface area contributed by atoms with Gasteiger partial charge >= 0.3 is 6.09 Å². The number of nitrogens with zero attached hydrogens (tertiary/aromatic N) is 1. The Morgan fingerprint density at radius 1 is 0.914 bits per heavy atom. The topological polar surface area (TPSA) is 77.1 Å². The van der Waals surface area contributed by atoms with Crippen LogP contribution in [-0.4, -0.2) is 42.7 Å². The Bertz CT molecular complexity index is 1120. The number of carbonyl (C=O) groups excluding carboxylic acids is 2. The number of benzene rings is 3. The molecule has 0 fully saturated rings. The summed E-state index contributed by atoms with van der Waals surface area (Å²) >= 11 is 0. The fraction of sp³-hybridized carbons (Fsp3) is 0.286. The molecule has 1 aliphatic rings. The zero-order valence-electron chi connectivity index (χ0n) is 19.8. The van der Waals surface area contributed by atoms with Crippen molar-refractivity contribution < 1.29 is 23.8 Å². The molecule has 0 saturated heterocycles. The van der Waals surface area contributed by atoms with E-state index in [4.69, 9.17) is 14.2 Å². The number of ether oxygens (including phenoxy) is 3. The summed E-state index contributed by atoms with van der Waals surface area (Å²) in [6.07, 6.45) is -0.281. The van der Waals surface area contributed by atoms with Gasteiger partial charge in [0.25, 0.3) is 0 Å². The summed E-state index contributed by atoms with van der Waals surface area (Å²) in [6, 6.07) is 23.9. The Kier molecular flexibility index (Phi) is 8.22. The molecule has 3 aromatic rings. The monoisotopic (exact) mass is 474 g/mol. The number of hydrogen-bond acceptors (Lipinski definition) is 5. The van der Waals surface area contributed by atoms with Gasteiger partial charge in [0.2, 0.25) is 5.91 Å². The fourth-order valence-corrected chi connectivity index (χ4v) is 3.99. The molecule has 7 heteroatoms. The number of hydrogen-bond donors (Lipinski definition) is 1. The number of rotatable bonds is 9. The highest BCUT2D eigenvalue weighted by atomic mass is 16.6. The maximum absolute atomic E-state index is 13.6. The van der Waals surface area contributed by atoms with Gasteiger partial charge in [-0.2, -0.15) is 0 Å². The second-order valence-corrected chi connectivity index (χ2v) is 8.24. The Morgan fingerprint density at radius 2 is 1.60 bits per heavy atom. The van der Waals surface area contributed by atoms with Crippen molar-refractivity contribution in [2.75, 3.05) is 19.8 Å². The first-order chi connectivity index (χ1) is 17.1. The molecule has 35 heavy (non-hydrogen) atoms. The van der Waals surface area contributed by atoms with E-state index in [1.165, 1.54) is 0 Å². The standard InChI is InChI=1S/C28H30N2O5/c1-2-30(19-23-14-9-15-25-26(23)34-17-16-33-25)27(31)24(18-21-10-5-3-6-11-21)29-28(32)35-20-22-12-7-4-8-13-22/h3-15,24H,2,16-20H2,1H3,(H,29,32)/t24-/m0/s1. The number of amides is 2. The van der Waals surface area contributed by atoms with Crippen molar-refractivity contribution >= 4 is 12.0 Å². The number of nitrogens with one attached hydrogen (secondary N) is 1. The van der Waals surface area contributed by atoms with Crippen LogP contribution in [-0.2, 0) is 29.1 Å². The lowest BCUT2D eigenvalue weighted by atomic mass is 10.0. The van der Waals surface area contributed by atoms with Crippen LogP contribution in [0.1, 0.15) is 23.6 Å². The summed E-state index contributed by atoms with van der Waals surface area (Å²) < 4.78 is 16.9. The summed E-state index contributed by atoms with van der Waals surface area (Å²) in [4.78, 5) is 28.0. The predicted octanol–water partition coefficient (Wildman–Crippen LogP) is 4.34. The maximum atomic E-state index is 13.6. The molecule has 0 spiro atoms. The molecule has 1 N–H and O–H groups in total. The van der Waals surface area contributed by atoms with Gasteiger partial charge in [0.1, 0.15) is 25.9 Å². The van der Waals surface area contributed by atoms with Crippen LogP contribution in [0.25, 0.3) is 0 Å². The van der Waals surface area contributed by atoms with Crippen molar-refractivity contribution in [3.8, 4) is 11.5 Å². The highest BCUT2D eigenvalue weighted by molar-refractivity contribution is 5.86. The van der Waals surface area contributed by atoms with E-state index in [9.17, 15) is 9.59 Å². The predicted molar refractivity (Wildman–Crippen MR) is 132 cm³/mol. The first-order valence-corrected chi connectivity index (χ1v) is 11.8. The highest BCUT2D eigenvalue weighted by Gasteiger charge is 2.28. The minimum absolute atomic E-state index is 0.129. The fourth-order valence-electron chi connectivity index (χ4n) is 3.99. The lowest BCUT2D eigenvalue weighted by Crippen LogP contribution is -2.49. The van der Waals surface area contributed by atoms with Gasteiger partial charge in [-0.3, -0.25) is 4.79 Å². The SMILES string of the molecule is CCN(Cc1cccc2c1OCCO2)C(=O)[C@H](Cc1ccccc1)NC(=O)OCc1ccccc1. The van der Waals surface area contributed by atoms with Gasteiger partial charge in [0.05, 0.1) is 0 Å². The molecule has 4 rings (SSSR count). The van der Waals surface area contributed by atoms with E-state index in [0.29, 0.717) is 44.2 Å². The summed E-state index contributed by atoms with van der Waals surface area (Å²) in [5.41, 5.74) is 2.68. The van der Waals surface area contributed by atoms with Crippen LogP contribution in [0.3, 0.4) is 0 Å². The molecule has 0 unspecified atom stereocenters. The third kappa shape index (κ3) is 6.53. The van der Waals surface area contributed by atoms with Crippen LogP contribution in [0.5, 0.6) is 11.5 Å². The number of carbonyl (C=O) groups is 2. The molecule has 0 radical (unpaired) electrons. The zero-order valence-corrected chi connectivity index (χ0v) is 19.8. The number of fused-ring (bicyclic) bond motifs is 1. The first-order valence-electron chi connectivity index (χ1n) is 11.8. The number of alkyl carbamates (subject to hydrolysis) is 1. The summed E-state index contributed by atoms with van der Waals surface area (Å²) in [6.45, 7) is 3.82. The van der Waals surface area contributed by atoms with Crippen molar-refractivity contribution in [2.24, 2.45) is 0 Å². The average molecular weight is 475 g/mol. The van der Waals surface area contributed by atoms with E-state index in [2.05, 4.69) is 5.32 Å². The normalized spacial score (nSPS) is 12.9. The van der Waals surface area contributed by atoms with Gasteiger partial charge in [-0.15, -0.1) is 0 Å². The van der Waals surface area contributed by atoms with E-state index in [1.807, 2.05) is 85.8 Å². The van der Waals surface area contributed by atoms with Gasteiger partial charge in [0, 0.05) is 25.1 Å². The molecule has 182 valence electrons.